The number of piperidine rings is 1. The van der Waals surface area contributed by atoms with Crippen LogP contribution in [0.1, 0.15) is 19.3 Å². The number of rotatable bonds is 6. The summed E-state index contributed by atoms with van der Waals surface area (Å²) in [5, 5.41) is 9.52. The molecule has 2 fully saturated rings. The minimum Gasteiger partial charge on any atom is -0.497 e. The van der Waals surface area contributed by atoms with Gasteiger partial charge < -0.3 is 19.5 Å². The first-order valence-electron chi connectivity index (χ1n) is 8.95. The monoisotopic (exact) mass is 362 g/mol. The van der Waals surface area contributed by atoms with Crippen LogP contribution in [0.25, 0.3) is 0 Å². The van der Waals surface area contributed by atoms with Crippen molar-refractivity contribution in [3.63, 3.8) is 0 Å². The fraction of sp³-hybridized carbons (Fsp3) is 0.579. The second kappa shape index (κ2) is 7.53. The van der Waals surface area contributed by atoms with Crippen LogP contribution in [0.15, 0.2) is 24.3 Å². The number of benzene rings is 1. The highest BCUT2D eigenvalue weighted by Gasteiger charge is 2.55. The van der Waals surface area contributed by atoms with Crippen molar-refractivity contribution in [2.45, 2.75) is 24.8 Å². The van der Waals surface area contributed by atoms with Gasteiger partial charge in [0.05, 0.1) is 18.6 Å². The maximum atomic E-state index is 12.0. The first kappa shape index (κ1) is 18.5. The van der Waals surface area contributed by atoms with E-state index in [1.807, 2.05) is 24.3 Å². The van der Waals surface area contributed by atoms with Gasteiger partial charge in [0.1, 0.15) is 18.1 Å². The van der Waals surface area contributed by atoms with Crippen molar-refractivity contribution in [1.29, 1.82) is 0 Å². The summed E-state index contributed by atoms with van der Waals surface area (Å²) in [7, 11) is 3.37. The molecule has 26 heavy (non-hydrogen) atoms. The molecular formula is C19H26N2O5. The molecule has 0 saturated carbocycles. The normalized spacial score (nSPS) is 22.6. The molecule has 2 aliphatic heterocycles. The third kappa shape index (κ3) is 3.49. The Labute approximate surface area is 153 Å². The van der Waals surface area contributed by atoms with Gasteiger partial charge in [-0.15, -0.1) is 0 Å². The number of hydrogen-bond acceptors (Lipinski definition) is 5. The van der Waals surface area contributed by atoms with E-state index >= 15 is 0 Å². The maximum absolute atomic E-state index is 12.0. The Morgan fingerprint density at radius 2 is 1.85 bits per heavy atom. The number of hydrogen-bond donors (Lipinski definition) is 1. The minimum absolute atomic E-state index is 0.0614. The molecule has 1 aromatic carbocycles. The molecule has 2 heterocycles. The first-order valence-corrected chi connectivity index (χ1v) is 8.95. The quantitative estimate of drug-likeness (QED) is 0.826. The van der Waals surface area contributed by atoms with Gasteiger partial charge in [-0.3, -0.25) is 14.5 Å². The van der Waals surface area contributed by atoms with Crippen LogP contribution in [-0.2, 0) is 9.59 Å². The Hall–Kier alpha value is -2.28. The molecule has 2 aliphatic rings. The van der Waals surface area contributed by atoms with Crippen molar-refractivity contribution in [3.8, 4) is 11.5 Å². The molecule has 1 unspecified atom stereocenters. The zero-order valence-electron chi connectivity index (χ0n) is 15.3. The van der Waals surface area contributed by atoms with Crippen LogP contribution in [-0.4, -0.2) is 72.7 Å². The van der Waals surface area contributed by atoms with Crippen LogP contribution in [0, 0.1) is 5.92 Å². The fourth-order valence-corrected chi connectivity index (χ4v) is 4.11. The largest absolute Gasteiger partial charge is 0.497 e. The number of ether oxygens (including phenoxy) is 2. The average molecular weight is 362 g/mol. The maximum Gasteiger partial charge on any atom is 0.309 e. The van der Waals surface area contributed by atoms with Gasteiger partial charge in [-0.2, -0.15) is 0 Å². The van der Waals surface area contributed by atoms with E-state index in [1.54, 1.807) is 19.1 Å². The highest BCUT2D eigenvalue weighted by Crippen LogP contribution is 2.42. The van der Waals surface area contributed by atoms with Gasteiger partial charge in [-0.05, 0) is 37.1 Å². The van der Waals surface area contributed by atoms with E-state index in [-0.39, 0.29) is 12.3 Å². The Morgan fingerprint density at radius 3 is 2.42 bits per heavy atom. The van der Waals surface area contributed by atoms with Crippen LogP contribution < -0.4 is 9.47 Å². The van der Waals surface area contributed by atoms with E-state index in [9.17, 15) is 14.7 Å². The van der Waals surface area contributed by atoms with Crippen LogP contribution in [0.2, 0.25) is 0 Å². The standard InChI is InChI=1S/C19H26N2O5/c1-20-17(22)13-16(18(23)24)19(20)7-9-21(10-8-19)11-12-26-15-5-3-14(25-2)4-6-15/h3-6,16H,7-13H2,1-2H3,(H,23,24). The summed E-state index contributed by atoms with van der Waals surface area (Å²) in [6.45, 7) is 2.88. The molecule has 1 aromatic rings. The third-order valence-corrected chi connectivity index (χ3v) is 5.83. The lowest BCUT2D eigenvalue weighted by atomic mass is 9.77. The van der Waals surface area contributed by atoms with E-state index in [1.165, 1.54) is 0 Å². The van der Waals surface area contributed by atoms with Crippen LogP contribution >= 0.6 is 0 Å². The van der Waals surface area contributed by atoms with Crippen molar-refractivity contribution in [3.05, 3.63) is 24.3 Å². The fourth-order valence-electron chi connectivity index (χ4n) is 4.11. The number of nitrogens with zero attached hydrogens (tertiary/aromatic N) is 2. The molecule has 7 nitrogen and oxygen atoms in total. The smallest absolute Gasteiger partial charge is 0.309 e. The Morgan fingerprint density at radius 1 is 1.23 bits per heavy atom. The molecule has 1 amide bonds. The molecule has 2 saturated heterocycles. The number of carbonyl (C=O) groups is 2. The zero-order valence-corrected chi connectivity index (χ0v) is 15.3. The van der Waals surface area contributed by atoms with Crippen molar-refractivity contribution >= 4 is 11.9 Å². The lowest BCUT2D eigenvalue weighted by molar-refractivity contribution is -0.146. The second-order valence-corrected chi connectivity index (χ2v) is 7.02. The predicted octanol–water partition coefficient (Wildman–Crippen LogP) is 1.47. The molecule has 1 N–H and O–H groups in total. The van der Waals surface area contributed by atoms with E-state index in [0.717, 1.165) is 31.1 Å². The lowest BCUT2D eigenvalue weighted by Gasteiger charge is -2.45. The number of likely N-dealkylation sites (tertiary alicyclic amines) is 2. The van der Waals surface area contributed by atoms with Gasteiger partial charge in [0.2, 0.25) is 5.91 Å². The summed E-state index contributed by atoms with van der Waals surface area (Å²) in [4.78, 5) is 27.6. The number of aliphatic carboxylic acids is 1. The molecular weight excluding hydrogens is 336 g/mol. The predicted molar refractivity (Wildman–Crippen MR) is 95.4 cm³/mol. The van der Waals surface area contributed by atoms with Gasteiger partial charge in [0.15, 0.2) is 0 Å². The number of methoxy groups -OCH3 is 1. The van der Waals surface area contributed by atoms with E-state index in [2.05, 4.69) is 4.90 Å². The Kier molecular flexibility index (Phi) is 5.36. The zero-order chi connectivity index (χ0) is 18.7. The molecule has 142 valence electrons. The van der Waals surface area contributed by atoms with E-state index < -0.39 is 17.4 Å². The topological polar surface area (TPSA) is 79.3 Å². The molecule has 1 spiro atoms. The highest BCUT2D eigenvalue weighted by molar-refractivity contribution is 5.88. The average Bonchev–Trinajstić information content (AvgIpc) is 2.89. The Balaban J connectivity index is 1.50. The minimum atomic E-state index is -0.862. The van der Waals surface area contributed by atoms with Gasteiger partial charge in [0.25, 0.3) is 0 Å². The number of amides is 1. The summed E-state index contributed by atoms with van der Waals surface area (Å²) in [5.41, 5.74) is -0.531. The van der Waals surface area contributed by atoms with Crippen LogP contribution in [0.5, 0.6) is 11.5 Å². The van der Waals surface area contributed by atoms with E-state index in [4.69, 9.17) is 9.47 Å². The van der Waals surface area contributed by atoms with Crippen molar-refractivity contribution in [1.82, 2.24) is 9.80 Å². The third-order valence-electron chi connectivity index (χ3n) is 5.83. The highest BCUT2D eigenvalue weighted by atomic mass is 16.5. The SMILES string of the molecule is COc1ccc(OCCN2CCC3(CC2)C(C(=O)O)CC(=O)N3C)cc1. The van der Waals surface area contributed by atoms with Crippen LogP contribution in [0.4, 0.5) is 0 Å². The van der Waals surface area contributed by atoms with Gasteiger partial charge in [-0.25, -0.2) is 0 Å². The van der Waals surface area contributed by atoms with Crippen molar-refractivity contribution in [2.75, 3.05) is 40.4 Å². The van der Waals surface area contributed by atoms with Gasteiger partial charge >= 0.3 is 5.97 Å². The van der Waals surface area contributed by atoms with Crippen molar-refractivity contribution < 1.29 is 24.2 Å². The summed E-state index contributed by atoms with van der Waals surface area (Å²) < 4.78 is 10.9. The number of carboxylic acids is 1. The summed E-state index contributed by atoms with van der Waals surface area (Å²) in [6, 6.07) is 7.47. The molecule has 1 atom stereocenters. The molecule has 7 heteroatoms. The Bertz CT molecular complexity index is 652. The lowest BCUT2D eigenvalue weighted by Crippen LogP contribution is -2.56. The summed E-state index contributed by atoms with van der Waals surface area (Å²) in [5.74, 6) is 0.0682. The molecule has 0 bridgehead atoms. The molecule has 0 aliphatic carbocycles. The first-order chi connectivity index (χ1) is 12.5. The molecule has 3 rings (SSSR count). The second-order valence-electron chi connectivity index (χ2n) is 7.02. The number of carboxylic acid groups (broad SMARTS) is 1. The van der Waals surface area contributed by atoms with Gasteiger partial charge in [0, 0.05) is 33.1 Å². The van der Waals surface area contributed by atoms with E-state index in [0.29, 0.717) is 19.4 Å². The molecule has 0 aromatic heterocycles. The number of carbonyl (C=O) groups excluding carboxylic acids is 1. The summed E-state index contributed by atoms with van der Waals surface area (Å²) in [6.07, 6.45) is 1.50. The van der Waals surface area contributed by atoms with Crippen LogP contribution in [0.3, 0.4) is 0 Å². The summed E-state index contributed by atoms with van der Waals surface area (Å²) >= 11 is 0. The molecule has 0 radical (unpaired) electrons. The van der Waals surface area contributed by atoms with Crippen molar-refractivity contribution in [2.24, 2.45) is 5.92 Å². The van der Waals surface area contributed by atoms with Gasteiger partial charge in [-0.1, -0.05) is 0 Å².